The van der Waals surface area contributed by atoms with Crippen LogP contribution in [-0.4, -0.2) is 28.5 Å². The van der Waals surface area contributed by atoms with E-state index in [1.807, 2.05) is 6.07 Å². The third-order valence-electron chi connectivity index (χ3n) is 3.16. The molecule has 0 saturated heterocycles. The third-order valence-corrected chi connectivity index (χ3v) is 3.16. The second-order valence-electron chi connectivity index (χ2n) is 4.28. The number of hydrogen-bond acceptors (Lipinski definition) is 6. The van der Waals surface area contributed by atoms with Crippen LogP contribution in [0.3, 0.4) is 0 Å². The molecule has 1 unspecified atom stereocenters. The van der Waals surface area contributed by atoms with E-state index in [4.69, 9.17) is 14.5 Å². The van der Waals surface area contributed by atoms with Crippen LogP contribution in [0.15, 0.2) is 4.52 Å². The Hall–Kier alpha value is -1.45. The topological polar surface area (TPSA) is 92.2 Å². The number of aliphatic hydroxyl groups is 1. The zero-order valence-electron chi connectivity index (χ0n) is 9.72. The van der Waals surface area contributed by atoms with Crippen molar-refractivity contribution >= 4 is 0 Å². The molecule has 1 aliphatic carbocycles. The number of aromatic nitrogens is 2. The summed E-state index contributed by atoms with van der Waals surface area (Å²) in [6, 6.07) is 1.89. The molecule has 6 heteroatoms. The van der Waals surface area contributed by atoms with Gasteiger partial charge in [-0.2, -0.15) is 10.2 Å². The van der Waals surface area contributed by atoms with Crippen molar-refractivity contribution in [1.29, 1.82) is 5.26 Å². The van der Waals surface area contributed by atoms with Crippen molar-refractivity contribution in [3.8, 4) is 6.07 Å². The minimum atomic E-state index is -0.756. The molecule has 0 aliphatic heterocycles. The molecule has 1 aliphatic rings. The van der Waals surface area contributed by atoms with E-state index in [-0.39, 0.29) is 12.8 Å². The van der Waals surface area contributed by atoms with Crippen LogP contribution in [0.25, 0.3) is 0 Å². The molecule has 92 valence electrons. The molecule has 0 radical (unpaired) electrons. The Morgan fingerprint density at radius 3 is 2.94 bits per heavy atom. The monoisotopic (exact) mass is 237 g/mol. The van der Waals surface area contributed by atoms with Gasteiger partial charge in [0.15, 0.2) is 0 Å². The summed E-state index contributed by atoms with van der Waals surface area (Å²) < 4.78 is 10.5. The second-order valence-corrected chi connectivity index (χ2v) is 4.28. The summed E-state index contributed by atoms with van der Waals surface area (Å²) in [4.78, 5) is 4.23. The molecule has 17 heavy (non-hydrogen) atoms. The van der Waals surface area contributed by atoms with Crippen LogP contribution in [0.4, 0.5) is 0 Å². The predicted molar refractivity (Wildman–Crippen MR) is 56.8 cm³/mol. The first-order valence-electron chi connectivity index (χ1n) is 5.63. The van der Waals surface area contributed by atoms with E-state index in [0.717, 1.165) is 19.3 Å². The minimum Gasteiger partial charge on any atom is -0.392 e. The molecule has 0 aromatic carbocycles. The maximum atomic E-state index is 9.46. The number of hydrogen-bond donors (Lipinski definition) is 1. The number of nitriles is 1. The van der Waals surface area contributed by atoms with Crippen LogP contribution in [0.2, 0.25) is 0 Å². The number of aliphatic hydroxyl groups excluding tert-OH is 1. The summed E-state index contributed by atoms with van der Waals surface area (Å²) in [7, 11) is 1.64. The summed E-state index contributed by atoms with van der Waals surface area (Å²) in [5.74, 6) is 0.900. The van der Waals surface area contributed by atoms with Crippen LogP contribution < -0.4 is 0 Å². The van der Waals surface area contributed by atoms with Gasteiger partial charge in [0, 0.05) is 7.11 Å². The maximum absolute atomic E-state index is 9.46. The first-order chi connectivity index (χ1) is 8.20. The van der Waals surface area contributed by atoms with Gasteiger partial charge in [0.2, 0.25) is 11.7 Å². The zero-order valence-corrected chi connectivity index (χ0v) is 9.72. The molecule has 1 heterocycles. The van der Waals surface area contributed by atoms with Crippen LogP contribution in [0.5, 0.6) is 0 Å². The lowest BCUT2D eigenvalue weighted by atomic mass is 9.79. The Kier molecular flexibility index (Phi) is 3.41. The van der Waals surface area contributed by atoms with Crippen molar-refractivity contribution in [1.82, 2.24) is 10.1 Å². The summed E-state index contributed by atoms with van der Waals surface area (Å²) in [5, 5.41) is 21.8. The van der Waals surface area contributed by atoms with E-state index in [1.165, 1.54) is 0 Å². The normalized spacial score (nSPS) is 19.4. The van der Waals surface area contributed by atoms with Crippen molar-refractivity contribution in [3.63, 3.8) is 0 Å². The van der Waals surface area contributed by atoms with Crippen molar-refractivity contribution < 1.29 is 14.4 Å². The molecule has 1 N–H and O–H groups in total. The van der Waals surface area contributed by atoms with Crippen LogP contribution in [0.1, 0.15) is 37.4 Å². The largest absolute Gasteiger partial charge is 0.392 e. The van der Waals surface area contributed by atoms with E-state index in [0.29, 0.717) is 11.7 Å². The average molecular weight is 237 g/mol. The fourth-order valence-electron chi connectivity index (χ4n) is 1.92. The van der Waals surface area contributed by atoms with E-state index in [9.17, 15) is 5.11 Å². The molecular weight excluding hydrogens is 222 g/mol. The lowest BCUT2D eigenvalue weighted by molar-refractivity contribution is -0.0858. The Morgan fingerprint density at radius 1 is 1.65 bits per heavy atom. The van der Waals surface area contributed by atoms with Gasteiger partial charge in [0.05, 0.1) is 25.0 Å². The quantitative estimate of drug-likeness (QED) is 0.818. The van der Waals surface area contributed by atoms with Crippen LogP contribution in [0, 0.1) is 11.3 Å². The highest BCUT2D eigenvalue weighted by Crippen LogP contribution is 2.42. The van der Waals surface area contributed by atoms with E-state index < -0.39 is 11.7 Å². The summed E-state index contributed by atoms with van der Waals surface area (Å²) in [6.07, 6.45) is 2.39. The fraction of sp³-hybridized carbons (Fsp3) is 0.727. The van der Waals surface area contributed by atoms with Crippen molar-refractivity contribution in [2.75, 3.05) is 7.11 Å². The lowest BCUT2D eigenvalue weighted by Crippen LogP contribution is -2.37. The van der Waals surface area contributed by atoms with Gasteiger partial charge >= 0.3 is 0 Å². The van der Waals surface area contributed by atoms with Gasteiger partial charge in [-0.1, -0.05) is 5.16 Å². The Morgan fingerprint density at radius 2 is 2.41 bits per heavy atom. The zero-order chi connectivity index (χ0) is 12.3. The molecule has 1 fully saturated rings. The first kappa shape index (κ1) is 12.0. The van der Waals surface area contributed by atoms with Gasteiger partial charge in [-0.05, 0) is 19.3 Å². The van der Waals surface area contributed by atoms with E-state index >= 15 is 0 Å². The maximum Gasteiger partial charge on any atom is 0.229 e. The SMILES string of the molecule is COC1(c2noc(CC(O)CC#N)n2)CCC1. The standard InChI is InChI=1S/C11H15N3O3/c1-16-11(4-2-5-11)10-13-9(17-14-10)7-8(15)3-6-12/h8,15H,2-5,7H2,1H3. The third kappa shape index (κ3) is 2.30. The molecular formula is C11H15N3O3. The second kappa shape index (κ2) is 4.82. The summed E-state index contributed by atoms with van der Waals surface area (Å²) >= 11 is 0. The van der Waals surface area contributed by atoms with Gasteiger partial charge in [-0.25, -0.2) is 0 Å². The van der Waals surface area contributed by atoms with Gasteiger partial charge in [-0.3, -0.25) is 0 Å². The number of methoxy groups -OCH3 is 1. The number of ether oxygens (including phenoxy) is 1. The molecule has 0 bridgehead atoms. The molecule has 6 nitrogen and oxygen atoms in total. The molecule has 2 rings (SSSR count). The van der Waals surface area contributed by atoms with Crippen LogP contribution in [-0.2, 0) is 16.8 Å². The predicted octanol–water partition coefficient (Wildman–Crippen LogP) is 0.912. The van der Waals surface area contributed by atoms with Gasteiger partial charge < -0.3 is 14.4 Å². The van der Waals surface area contributed by atoms with Crippen molar-refractivity contribution in [3.05, 3.63) is 11.7 Å². The molecule has 1 aromatic heterocycles. The van der Waals surface area contributed by atoms with E-state index in [2.05, 4.69) is 10.1 Å². The molecule has 0 amide bonds. The first-order valence-corrected chi connectivity index (χ1v) is 5.63. The van der Waals surface area contributed by atoms with E-state index in [1.54, 1.807) is 7.11 Å². The van der Waals surface area contributed by atoms with Gasteiger partial charge in [-0.15, -0.1) is 0 Å². The Balaban J connectivity index is 2.03. The van der Waals surface area contributed by atoms with Gasteiger partial charge in [0.25, 0.3) is 0 Å². The molecule has 1 aromatic rings. The average Bonchev–Trinajstić information content (AvgIpc) is 2.66. The highest BCUT2D eigenvalue weighted by Gasteiger charge is 2.43. The molecule has 1 saturated carbocycles. The fourth-order valence-corrected chi connectivity index (χ4v) is 1.92. The minimum absolute atomic E-state index is 0.0626. The molecule has 1 atom stereocenters. The Bertz CT molecular complexity index is 414. The van der Waals surface area contributed by atoms with Crippen molar-refractivity contribution in [2.24, 2.45) is 0 Å². The van der Waals surface area contributed by atoms with Gasteiger partial charge in [0.1, 0.15) is 5.60 Å². The highest BCUT2D eigenvalue weighted by molar-refractivity contribution is 5.06. The van der Waals surface area contributed by atoms with Crippen LogP contribution >= 0.6 is 0 Å². The highest BCUT2D eigenvalue weighted by atomic mass is 16.5. The lowest BCUT2D eigenvalue weighted by Gasteiger charge is -2.37. The molecule has 0 spiro atoms. The summed E-state index contributed by atoms with van der Waals surface area (Å²) in [6.45, 7) is 0. The van der Waals surface area contributed by atoms with Crippen molar-refractivity contribution in [2.45, 2.75) is 43.8 Å². The smallest absolute Gasteiger partial charge is 0.229 e. The summed E-state index contributed by atoms with van der Waals surface area (Å²) in [5.41, 5.74) is -0.401. The number of rotatable bonds is 5. The number of nitrogens with zero attached hydrogens (tertiary/aromatic N) is 3. The Labute approximate surface area is 99.2 Å².